The van der Waals surface area contributed by atoms with Crippen LogP contribution in [0, 0.1) is 0 Å². The Balaban J connectivity index is 1.25. The molecular formula is C34H32N2O4S. The van der Waals surface area contributed by atoms with Crippen molar-refractivity contribution in [2.24, 2.45) is 0 Å². The maximum absolute atomic E-state index is 9.49. The summed E-state index contributed by atoms with van der Waals surface area (Å²) < 4.78 is 19.3. The predicted molar refractivity (Wildman–Crippen MR) is 163 cm³/mol. The number of aromatic nitrogens is 1. The Morgan fingerprint density at radius 1 is 0.805 bits per heavy atom. The summed E-state index contributed by atoms with van der Waals surface area (Å²) in [6.07, 6.45) is -0.0704. The zero-order chi connectivity index (χ0) is 28.0. The van der Waals surface area contributed by atoms with Gasteiger partial charge in [-0.2, -0.15) is 0 Å². The number of thioether (sulfide) groups is 1. The standard InChI is InChI=1S/C34H32N2O4S/c1-35-28-18-16-27(17-19-28)33-38-29(20-30(39-33)24-14-12-23(21-37)13-15-24)22-41-34-36-31(25-8-4-2-5-9-25)32(40-34)26-10-6-3-7-11-26/h2-19,29-30,33,35,37H,20-22H2,1H3/t29-,30+,33+/m1/s1. The van der Waals surface area contributed by atoms with E-state index in [-0.39, 0.29) is 18.8 Å². The number of aliphatic hydroxyl groups excluding tert-OH is 1. The second-order valence-corrected chi connectivity index (χ2v) is 10.9. The van der Waals surface area contributed by atoms with E-state index in [2.05, 4.69) is 17.4 Å². The van der Waals surface area contributed by atoms with Gasteiger partial charge in [-0.25, -0.2) is 4.98 Å². The van der Waals surface area contributed by atoms with Crippen LogP contribution in [0.1, 0.15) is 35.5 Å². The van der Waals surface area contributed by atoms with E-state index < -0.39 is 6.29 Å². The number of aliphatic hydroxyl groups is 1. The molecule has 6 rings (SSSR count). The van der Waals surface area contributed by atoms with Crippen LogP contribution in [0.3, 0.4) is 0 Å². The van der Waals surface area contributed by atoms with Crippen LogP contribution in [-0.2, 0) is 16.1 Å². The van der Waals surface area contributed by atoms with Crippen LogP contribution >= 0.6 is 11.8 Å². The molecule has 208 valence electrons. The zero-order valence-electron chi connectivity index (χ0n) is 22.8. The van der Waals surface area contributed by atoms with E-state index in [4.69, 9.17) is 18.9 Å². The molecule has 2 N–H and O–H groups in total. The quantitative estimate of drug-likeness (QED) is 0.176. The monoisotopic (exact) mass is 564 g/mol. The number of nitrogens with zero attached hydrogens (tertiary/aromatic N) is 1. The molecule has 4 aromatic carbocycles. The Morgan fingerprint density at radius 3 is 2.12 bits per heavy atom. The van der Waals surface area contributed by atoms with Gasteiger partial charge in [0.05, 0.1) is 18.8 Å². The van der Waals surface area contributed by atoms with Gasteiger partial charge < -0.3 is 24.3 Å². The largest absolute Gasteiger partial charge is 0.431 e. The van der Waals surface area contributed by atoms with E-state index in [0.717, 1.165) is 45.0 Å². The van der Waals surface area contributed by atoms with Crippen molar-refractivity contribution in [3.05, 3.63) is 126 Å². The van der Waals surface area contributed by atoms with Crippen molar-refractivity contribution < 1.29 is 19.0 Å². The fourth-order valence-electron chi connectivity index (χ4n) is 4.93. The molecule has 0 amide bonds. The number of rotatable bonds is 9. The number of anilines is 1. The molecule has 1 aliphatic heterocycles. The molecule has 1 aromatic heterocycles. The highest BCUT2D eigenvalue weighted by Gasteiger charge is 2.33. The number of ether oxygens (including phenoxy) is 2. The fourth-order valence-corrected chi connectivity index (χ4v) is 5.77. The van der Waals surface area contributed by atoms with Gasteiger partial charge in [-0.1, -0.05) is 109 Å². The van der Waals surface area contributed by atoms with Crippen molar-refractivity contribution in [2.45, 2.75) is 36.7 Å². The molecule has 0 saturated carbocycles. The van der Waals surface area contributed by atoms with Gasteiger partial charge in [0.1, 0.15) is 5.69 Å². The smallest absolute Gasteiger partial charge is 0.256 e. The second kappa shape index (κ2) is 12.7. The third-order valence-corrected chi connectivity index (χ3v) is 8.13. The first kappa shape index (κ1) is 27.3. The Bertz CT molecular complexity index is 1430. The summed E-state index contributed by atoms with van der Waals surface area (Å²) in [6.45, 7) is 0.0146. The summed E-state index contributed by atoms with van der Waals surface area (Å²) >= 11 is 1.56. The summed E-state index contributed by atoms with van der Waals surface area (Å²) in [7, 11) is 1.90. The molecule has 0 unspecified atom stereocenters. The molecule has 1 aliphatic rings. The zero-order valence-corrected chi connectivity index (χ0v) is 23.6. The van der Waals surface area contributed by atoms with Crippen molar-refractivity contribution in [1.82, 2.24) is 4.98 Å². The van der Waals surface area contributed by atoms with Crippen molar-refractivity contribution in [2.75, 3.05) is 18.1 Å². The van der Waals surface area contributed by atoms with Crippen LogP contribution in [0.2, 0.25) is 0 Å². The number of hydrogen-bond donors (Lipinski definition) is 2. The van der Waals surface area contributed by atoms with Crippen LogP contribution in [0.25, 0.3) is 22.6 Å². The van der Waals surface area contributed by atoms with Gasteiger partial charge in [0.2, 0.25) is 0 Å². The lowest BCUT2D eigenvalue weighted by Gasteiger charge is -2.36. The first-order valence-corrected chi connectivity index (χ1v) is 14.7. The van der Waals surface area contributed by atoms with E-state index in [1.165, 1.54) is 0 Å². The first-order valence-electron chi connectivity index (χ1n) is 13.7. The van der Waals surface area contributed by atoms with Gasteiger partial charge in [0, 0.05) is 41.6 Å². The number of oxazole rings is 1. The number of benzene rings is 4. The number of nitrogens with one attached hydrogen (secondary N) is 1. The van der Waals surface area contributed by atoms with Gasteiger partial charge in [-0.15, -0.1) is 0 Å². The molecule has 6 nitrogen and oxygen atoms in total. The van der Waals surface area contributed by atoms with Gasteiger partial charge in [0.15, 0.2) is 12.1 Å². The van der Waals surface area contributed by atoms with E-state index in [1.807, 2.05) is 104 Å². The summed E-state index contributed by atoms with van der Waals surface area (Å²) in [6, 6.07) is 36.3. The fraction of sp³-hybridized carbons (Fsp3) is 0.206. The van der Waals surface area contributed by atoms with Gasteiger partial charge in [-0.3, -0.25) is 0 Å². The molecule has 0 aliphatic carbocycles. The van der Waals surface area contributed by atoms with Gasteiger partial charge >= 0.3 is 0 Å². The molecule has 1 saturated heterocycles. The Morgan fingerprint density at radius 2 is 1.46 bits per heavy atom. The minimum atomic E-state index is -0.507. The average Bonchev–Trinajstić information content (AvgIpc) is 3.49. The normalized spacial score (nSPS) is 18.7. The third kappa shape index (κ3) is 6.39. The molecule has 5 aromatic rings. The van der Waals surface area contributed by atoms with Crippen LogP contribution in [0.5, 0.6) is 0 Å². The summed E-state index contributed by atoms with van der Waals surface area (Å²) in [4.78, 5) is 4.91. The minimum Gasteiger partial charge on any atom is -0.431 e. The van der Waals surface area contributed by atoms with Crippen molar-refractivity contribution in [3.8, 4) is 22.6 Å². The Kier molecular flexibility index (Phi) is 8.49. The Hall–Kier alpha value is -3.88. The van der Waals surface area contributed by atoms with Gasteiger partial charge in [-0.05, 0) is 23.3 Å². The maximum atomic E-state index is 9.49. The molecular weight excluding hydrogens is 532 g/mol. The highest BCUT2D eigenvalue weighted by molar-refractivity contribution is 7.99. The first-order chi connectivity index (χ1) is 20.2. The molecule has 3 atom stereocenters. The molecule has 41 heavy (non-hydrogen) atoms. The number of hydrogen-bond acceptors (Lipinski definition) is 7. The summed E-state index contributed by atoms with van der Waals surface area (Å²) in [5.74, 6) is 1.42. The topological polar surface area (TPSA) is 76.8 Å². The van der Waals surface area contributed by atoms with E-state index in [0.29, 0.717) is 17.4 Å². The van der Waals surface area contributed by atoms with E-state index in [9.17, 15) is 5.11 Å². The van der Waals surface area contributed by atoms with E-state index in [1.54, 1.807) is 11.8 Å². The Labute approximate surface area is 244 Å². The lowest BCUT2D eigenvalue weighted by Crippen LogP contribution is -2.31. The van der Waals surface area contributed by atoms with Crippen LogP contribution in [0.15, 0.2) is 119 Å². The summed E-state index contributed by atoms with van der Waals surface area (Å²) in [5, 5.41) is 13.3. The molecule has 0 spiro atoms. The molecule has 1 fully saturated rings. The highest BCUT2D eigenvalue weighted by atomic mass is 32.2. The van der Waals surface area contributed by atoms with Crippen LogP contribution in [-0.4, -0.2) is 29.0 Å². The average molecular weight is 565 g/mol. The van der Waals surface area contributed by atoms with Crippen molar-refractivity contribution >= 4 is 17.4 Å². The predicted octanol–water partition coefficient (Wildman–Crippen LogP) is 7.88. The molecule has 2 heterocycles. The lowest BCUT2D eigenvalue weighted by atomic mass is 10.0. The summed E-state index contributed by atoms with van der Waals surface area (Å²) in [5.41, 5.74) is 6.76. The molecule has 0 bridgehead atoms. The lowest BCUT2D eigenvalue weighted by molar-refractivity contribution is -0.245. The molecule has 7 heteroatoms. The third-order valence-electron chi connectivity index (χ3n) is 7.17. The molecule has 0 radical (unpaired) electrons. The van der Waals surface area contributed by atoms with Gasteiger partial charge in [0.25, 0.3) is 5.22 Å². The van der Waals surface area contributed by atoms with Crippen LogP contribution in [0.4, 0.5) is 5.69 Å². The highest BCUT2D eigenvalue weighted by Crippen LogP contribution is 2.41. The minimum absolute atomic E-state index is 0.0146. The second-order valence-electron chi connectivity index (χ2n) is 9.92. The van der Waals surface area contributed by atoms with Crippen molar-refractivity contribution in [3.63, 3.8) is 0 Å². The van der Waals surface area contributed by atoms with E-state index >= 15 is 0 Å². The maximum Gasteiger partial charge on any atom is 0.256 e. The van der Waals surface area contributed by atoms with Crippen LogP contribution < -0.4 is 5.32 Å². The van der Waals surface area contributed by atoms with Crippen molar-refractivity contribution in [1.29, 1.82) is 0 Å². The SMILES string of the molecule is CNc1ccc([C@H]2O[C@@H](CSc3nc(-c4ccccc4)c(-c4ccccc4)o3)C[C@@H](c3ccc(CO)cc3)O2)cc1.